The molecule has 1 aliphatic carbocycles. The van der Waals surface area contributed by atoms with Gasteiger partial charge in [-0.3, -0.25) is 0 Å². The fourth-order valence-electron chi connectivity index (χ4n) is 3.90. The monoisotopic (exact) mass is 274 g/mol. The van der Waals surface area contributed by atoms with Crippen molar-refractivity contribution in [3.05, 3.63) is 18.2 Å². The molecule has 110 valence electrons. The number of benzene rings is 1. The first-order chi connectivity index (χ1) is 9.71. The van der Waals surface area contributed by atoms with Crippen molar-refractivity contribution in [1.29, 1.82) is 0 Å². The fourth-order valence-corrected chi connectivity index (χ4v) is 3.90. The van der Waals surface area contributed by atoms with E-state index in [1.807, 2.05) is 13.0 Å². The van der Waals surface area contributed by atoms with Crippen LogP contribution in [0.4, 0.5) is 11.4 Å². The molecule has 20 heavy (non-hydrogen) atoms. The van der Waals surface area contributed by atoms with Gasteiger partial charge in [0.15, 0.2) is 0 Å². The van der Waals surface area contributed by atoms with Gasteiger partial charge < -0.3 is 15.4 Å². The molecule has 1 aliphatic heterocycles. The van der Waals surface area contributed by atoms with E-state index in [4.69, 9.17) is 10.5 Å². The van der Waals surface area contributed by atoms with Crippen LogP contribution in [-0.2, 0) is 0 Å². The molecule has 1 saturated heterocycles. The van der Waals surface area contributed by atoms with Gasteiger partial charge in [-0.1, -0.05) is 12.8 Å². The molecule has 0 amide bonds. The fraction of sp³-hybridized carbons (Fsp3) is 0.647. The van der Waals surface area contributed by atoms with E-state index >= 15 is 0 Å². The normalized spacial score (nSPS) is 21.4. The van der Waals surface area contributed by atoms with Gasteiger partial charge in [0.1, 0.15) is 5.75 Å². The molecule has 3 rings (SSSR count). The Morgan fingerprint density at radius 3 is 2.45 bits per heavy atom. The Balaban J connectivity index is 1.71. The number of nitrogen functional groups attached to an aromatic ring is 1. The van der Waals surface area contributed by atoms with E-state index in [2.05, 4.69) is 17.0 Å². The minimum atomic E-state index is 0.666. The van der Waals surface area contributed by atoms with Crippen LogP contribution < -0.4 is 15.4 Å². The summed E-state index contributed by atoms with van der Waals surface area (Å²) >= 11 is 0. The second-order valence-electron chi connectivity index (χ2n) is 6.39. The summed E-state index contributed by atoms with van der Waals surface area (Å²) in [6.45, 7) is 5.02. The largest absolute Gasteiger partial charge is 0.494 e. The molecule has 3 heteroatoms. The topological polar surface area (TPSA) is 38.5 Å². The first-order valence-corrected chi connectivity index (χ1v) is 7.99. The van der Waals surface area contributed by atoms with Crippen LogP contribution in [0.25, 0.3) is 0 Å². The number of rotatable bonds is 3. The Morgan fingerprint density at radius 2 is 1.80 bits per heavy atom. The molecule has 0 atom stereocenters. The van der Waals surface area contributed by atoms with Gasteiger partial charge in [-0.15, -0.1) is 0 Å². The third-order valence-corrected chi connectivity index (χ3v) is 5.08. The Hall–Kier alpha value is -1.38. The number of piperidine rings is 1. The third-order valence-electron chi connectivity index (χ3n) is 5.08. The van der Waals surface area contributed by atoms with Crippen molar-refractivity contribution < 1.29 is 4.74 Å². The van der Waals surface area contributed by atoms with Crippen molar-refractivity contribution in [2.45, 2.75) is 45.4 Å². The minimum absolute atomic E-state index is 0.666. The van der Waals surface area contributed by atoms with E-state index in [-0.39, 0.29) is 0 Å². The lowest BCUT2D eigenvalue weighted by molar-refractivity contribution is 0.226. The van der Waals surface area contributed by atoms with Crippen molar-refractivity contribution in [1.82, 2.24) is 0 Å². The number of nitrogens with zero attached hydrogens (tertiary/aromatic N) is 1. The summed E-state index contributed by atoms with van der Waals surface area (Å²) in [6.07, 6.45) is 8.45. The SMILES string of the molecule is CCOc1cc(N)cc(N2CCC3(CCCC3)CC2)c1. The van der Waals surface area contributed by atoms with E-state index in [9.17, 15) is 0 Å². The Morgan fingerprint density at radius 1 is 1.10 bits per heavy atom. The highest BCUT2D eigenvalue weighted by atomic mass is 16.5. The van der Waals surface area contributed by atoms with Crippen LogP contribution in [0.15, 0.2) is 18.2 Å². The quantitative estimate of drug-likeness (QED) is 0.851. The summed E-state index contributed by atoms with van der Waals surface area (Å²) in [4.78, 5) is 2.47. The van der Waals surface area contributed by atoms with Gasteiger partial charge in [0.2, 0.25) is 0 Å². The first kappa shape index (κ1) is 13.6. The lowest BCUT2D eigenvalue weighted by Gasteiger charge is -2.40. The minimum Gasteiger partial charge on any atom is -0.494 e. The standard InChI is InChI=1S/C17H26N2O/c1-2-20-16-12-14(18)11-15(13-16)19-9-7-17(8-10-19)5-3-4-6-17/h11-13H,2-10,18H2,1H3. The van der Waals surface area contributed by atoms with Gasteiger partial charge in [-0.25, -0.2) is 0 Å². The van der Waals surface area contributed by atoms with Gasteiger partial charge in [-0.05, 0) is 44.1 Å². The van der Waals surface area contributed by atoms with Crippen LogP contribution in [0.3, 0.4) is 0 Å². The second kappa shape index (κ2) is 5.55. The predicted octanol–water partition coefficient (Wildman–Crippen LogP) is 3.83. The highest BCUT2D eigenvalue weighted by molar-refractivity contribution is 5.60. The Bertz CT molecular complexity index is 456. The van der Waals surface area contributed by atoms with Crippen LogP contribution in [-0.4, -0.2) is 19.7 Å². The summed E-state index contributed by atoms with van der Waals surface area (Å²) in [5, 5.41) is 0. The van der Waals surface area contributed by atoms with E-state index in [1.165, 1.54) is 44.2 Å². The molecule has 2 fully saturated rings. The molecule has 2 aliphatic rings. The molecule has 3 nitrogen and oxygen atoms in total. The lowest BCUT2D eigenvalue weighted by atomic mass is 9.77. The molecule has 0 bridgehead atoms. The number of hydrogen-bond donors (Lipinski definition) is 1. The number of hydrogen-bond acceptors (Lipinski definition) is 3. The van der Waals surface area contributed by atoms with Crippen molar-refractivity contribution in [3.8, 4) is 5.75 Å². The average Bonchev–Trinajstić information content (AvgIpc) is 2.88. The molecule has 1 heterocycles. The van der Waals surface area contributed by atoms with Gasteiger partial charge in [0, 0.05) is 36.6 Å². The summed E-state index contributed by atoms with van der Waals surface area (Å²) in [5.41, 5.74) is 8.69. The van der Waals surface area contributed by atoms with E-state index < -0.39 is 0 Å². The molecular weight excluding hydrogens is 248 g/mol. The highest BCUT2D eigenvalue weighted by Crippen LogP contribution is 2.46. The van der Waals surface area contributed by atoms with Crippen molar-refractivity contribution in [3.63, 3.8) is 0 Å². The van der Waals surface area contributed by atoms with Gasteiger partial charge in [0.25, 0.3) is 0 Å². The zero-order valence-corrected chi connectivity index (χ0v) is 12.5. The van der Waals surface area contributed by atoms with Gasteiger partial charge >= 0.3 is 0 Å². The number of ether oxygens (including phenoxy) is 1. The van der Waals surface area contributed by atoms with Crippen LogP contribution in [0, 0.1) is 5.41 Å². The molecular formula is C17H26N2O. The maximum Gasteiger partial charge on any atom is 0.123 e. The van der Waals surface area contributed by atoms with Crippen LogP contribution in [0.5, 0.6) is 5.75 Å². The Labute approximate surface area is 122 Å². The average molecular weight is 274 g/mol. The summed E-state index contributed by atoms with van der Waals surface area (Å²) < 4.78 is 5.60. The zero-order valence-electron chi connectivity index (χ0n) is 12.5. The molecule has 1 saturated carbocycles. The smallest absolute Gasteiger partial charge is 0.123 e. The molecule has 1 spiro atoms. The van der Waals surface area contributed by atoms with E-state index in [1.54, 1.807) is 0 Å². The third kappa shape index (κ3) is 2.72. The molecule has 0 radical (unpaired) electrons. The maximum absolute atomic E-state index is 6.01. The highest BCUT2D eigenvalue weighted by Gasteiger charge is 2.36. The first-order valence-electron chi connectivity index (χ1n) is 7.99. The summed E-state index contributed by atoms with van der Waals surface area (Å²) in [5.74, 6) is 0.892. The van der Waals surface area contributed by atoms with E-state index in [0.717, 1.165) is 24.5 Å². The maximum atomic E-state index is 6.01. The molecule has 0 unspecified atom stereocenters. The number of anilines is 2. The molecule has 0 aromatic heterocycles. The molecule has 2 N–H and O–H groups in total. The molecule has 1 aromatic rings. The zero-order chi connectivity index (χ0) is 14.0. The van der Waals surface area contributed by atoms with Crippen molar-refractivity contribution >= 4 is 11.4 Å². The van der Waals surface area contributed by atoms with Crippen LogP contribution in [0.2, 0.25) is 0 Å². The van der Waals surface area contributed by atoms with E-state index in [0.29, 0.717) is 12.0 Å². The molecule has 1 aromatic carbocycles. The summed E-state index contributed by atoms with van der Waals surface area (Å²) in [7, 11) is 0. The Kier molecular flexibility index (Phi) is 3.77. The van der Waals surface area contributed by atoms with Gasteiger partial charge in [-0.2, -0.15) is 0 Å². The predicted molar refractivity (Wildman–Crippen MR) is 84.4 cm³/mol. The van der Waals surface area contributed by atoms with Crippen molar-refractivity contribution in [2.75, 3.05) is 30.3 Å². The summed E-state index contributed by atoms with van der Waals surface area (Å²) in [6, 6.07) is 6.12. The lowest BCUT2D eigenvalue weighted by Crippen LogP contribution is -2.38. The van der Waals surface area contributed by atoms with Crippen LogP contribution >= 0.6 is 0 Å². The second-order valence-corrected chi connectivity index (χ2v) is 6.39. The van der Waals surface area contributed by atoms with Gasteiger partial charge in [0.05, 0.1) is 6.61 Å². The van der Waals surface area contributed by atoms with Crippen LogP contribution in [0.1, 0.15) is 45.4 Å². The van der Waals surface area contributed by atoms with Crippen molar-refractivity contribution in [2.24, 2.45) is 5.41 Å². The number of nitrogens with two attached hydrogens (primary N) is 1.